The molecular weight excluding hydrogens is 770 g/mol. The Hall–Kier alpha value is -4.97. The summed E-state index contributed by atoms with van der Waals surface area (Å²) in [5.74, 6) is -0.482. The van der Waals surface area contributed by atoms with E-state index in [1.807, 2.05) is 139 Å². The number of hydrogen-bond donors (Lipinski definition) is 1. The molecule has 2 heterocycles. The molecule has 5 unspecified atom stereocenters. The van der Waals surface area contributed by atoms with E-state index < -0.39 is 30.5 Å². The van der Waals surface area contributed by atoms with Gasteiger partial charge in [-0.25, -0.2) is 0 Å². The van der Waals surface area contributed by atoms with E-state index in [1.165, 1.54) is 11.3 Å². The molecule has 7 rings (SSSR count). The van der Waals surface area contributed by atoms with Gasteiger partial charge in [0.1, 0.15) is 30.5 Å². The third-order valence-electron chi connectivity index (χ3n) is 9.92. The summed E-state index contributed by atoms with van der Waals surface area (Å²) >= 11 is 8.18. The van der Waals surface area contributed by atoms with Crippen LogP contribution in [0.25, 0.3) is 0 Å². The number of ketones is 1. The third-order valence-corrected chi connectivity index (χ3v) is 11.0. The first kappa shape index (κ1) is 41.2. The van der Waals surface area contributed by atoms with Crippen LogP contribution in [0, 0.1) is 0 Å². The van der Waals surface area contributed by atoms with Gasteiger partial charge < -0.3 is 29.0 Å². The number of rotatable bonds is 19. The monoisotopic (exact) mass is 815 g/mol. The van der Waals surface area contributed by atoms with Crippen molar-refractivity contribution in [2.24, 2.45) is 0 Å². The van der Waals surface area contributed by atoms with Gasteiger partial charge in [-0.1, -0.05) is 145 Å². The van der Waals surface area contributed by atoms with Crippen LogP contribution in [0.3, 0.4) is 0 Å². The second kappa shape index (κ2) is 21.2. The average molecular weight is 816 g/mol. The van der Waals surface area contributed by atoms with Crippen LogP contribution in [0.1, 0.15) is 49.8 Å². The van der Waals surface area contributed by atoms with E-state index in [9.17, 15) is 9.59 Å². The number of benzene rings is 5. The molecule has 1 aromatic heterocycles. The highest BCUT2D eigenvalue weighted by molar-refractivity contribution is 7.08. The Balaban J connectivity index is 1.21. The SMILES string of the molecule is O=C(Cc1cc(C2OC(COCc3ccccc3)C(OCc3ccccc3)C(OCc3ccccc3)C2OCc2ccccc2)ccc1Cl)NCC(=O)c1ccsc1. The molecule has 1 aliphatic rings. The van der Waals surface area contributed by atoms with Gasteiger partial charge in [-0.3, -0.25) is 9.59 Å². The van der Waals surface area contributed by atoms with Crippen molar-refractivity contribution in [2.75, 3.05) is 13.2 Å². The lowest BCUT2D eigenvalue weighted by atomic mass is 9.89. The summed E-state index contributed by atoms with van der Waals surface area (Å²) in [4.78, 5) is 25.8. The van der Waals surface area contributed by atoms with Crippen molar-refractivity contribution in [2.45, 2.75) is 63.4 Å². The van der Waals surface area contributed by atoms with Gasteiger partial charge in [0.2, 0.25) is 5.91 Å². The highest BCUT2D eigenvalue weighted by Gasteiger charge is 2.49. The van der Waals surface area contributed by atoms with Crippen molar-refractivity contribution < 1.29 is 33.3 Å². The molecule has 10 heteroatoms. The smallest absolute Gasteiger partial charge is 0.224 e. The van der Waals surface area contributed by atoms with Crippen molar-refractivity contribution in [3.05, 3.63) is 200 Å². The van der Waals surface area contributed by atoms with Crippen LogP contribution in [-0.2, 0) is 61.3 Å². The summed E-state index contributed by atoms with van der Waals surface area (Å²) in [5.41, 5.74) is 5.95. The van der Waals surface area contributed by atoms with Crippen LogP contribution < -0.4 is 5.32 Å². The van der Waals surface area contributed by atoms with Gasteiger partial charge in [0.05, 0.1) is 46.0 Å². The minimum absolute atomic E-state index is 0.0355. The molecule has 5 aromatic carbocycles. The minimum Gasteiger partial charge on any atom is -0.374 e. The fraction of sp³-hybridized carbons (Fsp3) is 0.250. The second-order valence-electron chi connectivity index (χ2n) is 14.1. The lowest BCUT2D eigenvalue weighted by molar-refractivity contribution is -0.275. The first-order valence-corrected chi connectivity index (χ1v) is 20.7. The number of halogens is 1. The standard InChI is InChI=1S/C48H46ClNO7S/c49-41-22-21-38(25-40(41)26-44(52)50-27-42(51)39-23-24-58-33-39)45-47(55-30-36-17-9-3-10-18-36)48(56-31-37-19-11-4-12-20-37)46(54-29-35-15-7-2-8-16-35)43(57-45)32-53-28-34-13-5-1-6-14-34/h1-25,33,43,45-48H,26-32H2,(H,50,52). The van der Waals surface area contributed by atoms with E-state index >= 15 is 0 Å². The van der Waals surface area contributed by atoms with Crippen molar-refractivity contribution in [3.63, 3.8) is 0 Å². The molecule has 1 aliphatic heterocycles. The van der Waals surface area contributed by atoms with Crippen molar-refractivity contribution in [1.82, 2.24) is 5.32 Å². The Morgan fingerprint density at radius 3 is 1.72 bits per heavy atom. The Morgan fingerprint density at radius 1 is 0.638 bits per heavy atom. The zero-order valence-electron chi connectivity index (χ0n) is 32.0. The maximum absolute atomic E-state index is 13.2. The summed E-state index contributed by atoms with van der Waals surface area (Å²) in [6.07, 6.45) is -3.18. The molecular formula is C48H46ClNO7S. The quantitative estimate of drug-likeness (QED) is 0.0816. The summed E-state index contributed by atoms with van der Waals surface area (Å²) in [7, 11) is 0. The van der Waals surface area contributed by atoms with Gasteiger partial charge in [-0.05, 0) is 50.9 Å². The number of Topliss-reactive ketones (excluding diaryl/α,β-unsaturated/α-hetero) is 1. The Morgan fingerprint density at radius 2 is 1.17 bits per heavy atom. The van der Waals surface area contributed by atoms with Gasteiger partial charge in [0.15, 0.2) is 5.78 Å². The van der Waals surface area contributed by atoms with E-state index in [1.54, 1.807) is 17.5 Å². The molecule has 1 amide bonds. The van der Waals surface area contributed by atoms with E-state index in [0.29, 0.717) is 36.0 Å². The van der Waals surface area contributed by atoms with Gasteiger partial charge in [0.25, 0.3) is 0 Å². The van der Waals surface area contributed by atoms with Crippen LogP contribution in [0.4, 0.5) is 0 Å². The summed E-state index contributed by atoms with van der Waals surface area (Å²) in [5, 5.41) is 6.78. The topological polar surface area (TPSA) is 92.3 Å². The summed E-state index contributed by atoms with van der Waals surface area (Å²) < 4.78 is 34.0. The number of ether oxygens (including phenoxy) is 5. The molecule has 0 aliphatic carbocycles. The number of nitrogens with one attached hydrogen (secondary N) is 1. The largest absolute Gasteiger partial charge is 0.374 e. The van der Waals surface area contributed by atoms with Crippen molar-refractivity contribution in [1.29, 1.82) is 0 Å². The van der Waals surface area contributed by atoms with E-state index in [2.05, 4.69) is 5.32 Å². The molecule has 6 aromatic rings. The summed E-state index contributed by atoms with van der Waals surface area (Å²) in [6, 6.07) is 47.3. The number of carbonyl (C=O) groups is 2. The highest BCUT2D eigenvalue weighted by Crippen LogP contribution is 2.39. The molecule has 0 saturated carbocycles. The number of thiophene rings is 1. The zero-order valence-corrected chi connectivity index (χ0v) is 33.6. The number of carbonyl (C=O) groups excluding carboxylic acids is 2. The van der Waals surface area contributed by atoms with Crippen LogP contribution in [0.5, 0.6) is 0 Å². The second-order valence-corrected chi connectivity index (χ2v) is 15.3. The number of amides is 1. The maximum atomic E-state index is 13.2. The van der Waals surface area contributed by atoms with Gasteiger partial charge in [0, 0.05) is 16.0 Å². The molecule has 1 saturated heterocycles. The lowest BCUT2D eigenvalue weighted by Crippen LogP contribution is -2.58. The van der Waals surface area contributed by atoms with E-state index in [4.69, 9.17) is 35.3 Å². The van der Waals surface area contributed by atoms with Gasteiger partial charge in [-0.15, -0.1) is 0 Å². The minimum atomic E-state index is -0.675. The first-order chi connectivity index (χ1) is 28.5. The molecule has 5 atom stereocenters. The Bertz CT molecular complexity index is 2160. The zero-order chi connectivity index (χ0) is 39.9. The summed E-state index contributed by atoms with van der Waals surface area (Å²) in [6.45, 7) is 1.41. The predicted octanol–water partition coefficient (Wildman–Crippen LogP) is 9.36. The predicted molar refractivity (Wildman–Crippen MR) is 226 cm³/mol. The van der Waals surface area contributed by atoms with Crippen LogP contribution in [-0.4, -0.2) is 49.3 Å². The molecule has 0 bridgehead atoms. The van der Waals surface area contributed by atoms with Crippen LogP contribution in [0.15, 0.2) is 156 Å². The third kappa shape index (κ3) is 11.6. The van der Waals surface area contributed by atoms with E-state index in [-0.39, 0.29) is 37.9 Å². The fourth-order valence-corrected chi connectivity index (χ4v) is 7.75. The number of hydrogen-bond acceptors (Lipinski definition) is 8. The lowest BCUT2D eigenvalue weighted by Gasteiger charge is -2.46. The van der Waals surface area contributed by atoms with Crippen molar-refractivity contribution >= 4 is 34.6 Å². The fourth-order valence-electron chi connectivity index (χ4n) is 6.90. The highest BCUT2D eigenvalue weighted by atomic mass is 35.5. The Kier molecular flexibility index (Phi) is 15.0. The molecule has 0 spiro atoms. The van der Waals surface area contributed by atoms with E-state index in [0.717, 1.165) is 27.8 Å². The van der Waals surface area contributed by atoms with Gasteiger partial charge >= 0.3 is 0 Å². The van der Waals surface area contributed by atoms with Crippen molar-refractivity contribution in [3.8, 4) is 0 Å². The van der Waals surface area contributed by atoms with Gasteiger partial charge in [-0.2, -0.15) is 11.3 Å². The normalized spacial score (nSPS) is 19.1. The maximum Gasteiger partial charge on any atom is 0.224 e. The Labute approximate surface area is 348 Å². The molecule has 298 valence electrons. The molecule has 1 N–H and O–H groups in total. The molecule has 1 fully saturated rings. The molecule has 8 nitrogen and oxygen atoms in total. The average Bonchev–Trinajstić information content (AvgIpc) is 3.82. The molecule has 58 heavy (non-hydrogen) atoms. The first-order valence-electron chi connectivity index (χ1n) is 19.3. The molecule has 0 radical (unpaired) electrons. The van der Waals surface area contributed by atoms with Crippen LogP contribution in [0.2, 0.25) is 5.02 Å². The van der Waals surface area contributed by atoms with Crippen LogP contribution >= 0.6 is 22.9 Å².